The van der Waals surface area contributed by atoms with Gasteiger partial charge in [-0.1, -0.05) is 26.7 Å². The molecule has 0 amide bonds. The molecule has 2 aromatic rings. The number of nitrogens with zero attached hydrogens (tertiary/aromatic N) is 1. The average Bonchev–Trinajstić information content (AvgIpc) is 2.62. The number of benzene rings is 1. The zero-order valence-electron chi connectivity index (χ0n) is 16.0. The molecule has 0 unspecified atom stereocenters. The maximum Gasteiger partial charge on any atom is 0.238 e. The summed E-state index contributed by atoms with van der Waals surface area (Å²) in [6, 6.07) is 6.97. The summed E-state index contributed by atoms with van der Waals surface area (Å²) in [5, 5.41) is 9.47. The first-order valence-electron chi connectivity index (χ1n) is 9.65. The summed E-state index contributed by atoms with van der Waals surface area (Å²) in [7, 11) is -3.80. The van der Waals surface area contributed by atoms with Gasteiger partial charge in [0.1, 0.15) is 0 Å². The Morgan fingerprint density at radius 1 is 1.26 bits per heavy atom. The van der Waals surface area contributed by atoms with E-state index in [1.54, 1.807) is 30.5 Å². The smallest absolute Gasteiger partial charge is 0.238 e. The van der Waals surface area contributed by atoms with Crippen LogP contribution < -0.4 is 10.5 Å². The van der Waals surface area contributed by atoms with Crippen LogP contribution in [-0.4, -0.2) is 32.2 Å². The van der Waals surface area contributed by atoms with Gasteiger partial charge in [-0.05, 0) is 49.4 Å². The number of nitrogens with two attached hydrogens (primary N) is 1. The van der Waals surface area contributed by atoms with Crippen molar-refractivity contribution in [1.82, 2.24) is 4.98 Å². The molecule has 27 heavy (non-hydrogen) atoms. The van der Waals surface area contributed by atoms with Crippen molar-refractivity contribution in [2.45, 2.75) is 63.0 Å². The molecule has 0 bridgehead atoms. The van der Waals surface area contributed by atoms with Gasteiger partial charge in [0, 0.05) is 18.2 Å². The molecule has 2 atom stereocenters. The Balaban J connectivity index is 1.84. The summed E-state index contributed by atoms with van der Waals surface area (Å²) in [5.74, 6) is 0.624. The molecule has 0 spiro atoms. The minimum absolute atomic E-state index is 0.101. The molecule has 7 heteroatoms. The number of anilines is 1. The van der Waals surface area contributed by atoms with E-state index in [9.17, 15) is 8.42 Å². The molecular weight excluding hydrogens is 362 g/mol. The Hall–Kier alpha value is -1.70. The summed E-state index contributed by atoms with van der Waals surface area (Å²) in [5.41, 5.74) is 1.44. The van der Waals surface area contributed by atoms with Crippen molar-refractivity contribution in [3.8, 4) is 0 Å². The first-order valence-corrected chi connectivity index (χ1v) is 11.2. The molecule has 3 rings (SSSR count). The lowest BCUT2D eigenvalue weighted by atomic mass is 9.92. The zero-order chi connectivity index (χ0) is 19.4. The van der Waals surface area contributed by atoms with Crippen LogP contribution in [0.5, 0.6) is 0 Å². The molecule has 1 fully saturated rings. The second-order valence-corrected chi connectivity index (χ2v) is 9.21. The van der Waals surface area contributed by atoms with E-state index in [1.165, 1.54) is 6.42 Å². The largest absolute Gasteiger partial charge is 0.378 e. The minimum Gasteiger partial charge on any atom is -0.378 e. The molecule has 1 aromatic carbocycles. The Morgan fingerprint density at radius 2 is 2.04 bits per heavy atom. The van der Waals surface area contributed by atoms with E-state index < -0.39 is 10.0 Å². The molecule has 1 aromatic heterocycles. The van der Waals surface area contributed by atoms with Gasteiger partial charge in [0.2, 0.25) is 10.0 Å². The predicted octanol–water partition coefficient (Wildman–Crippen LogP) is 3.67. The molecule has 1 heterocycles. The molecule has 6 nitrogen and oxygen atoms in total. The van der Waals surface area contributed by atoms with Gasteiger partial charge < -0.3 is 10.1 Å². The second kappa shape index (κ2) is 8.54. The normalized spacial score (nSPS) is 20.9. The maximum atomic E-state index is 11.9. The third kappa shape index (κ3) is 4.97. The Labute approximate surface area is 161 Å². The summed E-state index contributed by atoms with van der Waals surface area (Å²) in [6.45, 7) is 5.17. The highest BCUT2D eigenvalue weighted by atomic mass is 32.2. The first kappa shape index (κ1) is 20.0. The topological polar surface area (TPSA) is 94.3 Å². The molecule has 0 saturated heterocycles. The van der Waals surface area contributed by atoms with E-state index in [0.29, 0.717) is 16.8 Å². The van der Waals surface area contributed by atoms with Gasteiger partial charge in [0.15, 0.2) is 0 Å². The van der Waals surface area contributed by atoms with Gasteiger partial charge in [-0.3, -0.25) is 4.98 Å². The van der Waals surface area contributed by atoms with Gasteiger partial charge in [-0.25, -0.2) is 13.6 Å². The Morgan fingerprint density at radius 3 is 2.78 bits per heavy atom. The van der Waals surface area contributed by atoms with E-state index in [0.717, 1.165) is 38.0 Å². The molecule has 1 aliphatic rings. The lowest BCUT2D eigenvalue weighted by Gasteiger charge is -2.33. The van der Waals surface area contributed by atoms with Gasteiger partial charge in [0.05, 0.1) is 28.2 Å². The van der Waals surface area contributed by atoms with E-state index in [1.807, 2.05) is 0 Å². The zero-order valence-corrected chi connectivity index (χ0v) is 16.8. The van der Waals surface area contributed by atoms with Crippen molar-refractivity contribution >= 4 is 26.6 Å². The predicted molar refractivity (Wildman–Crippen MR) is 108 cm³/mol. The van der Waals surface area contributed by atoms with Crippen LogP contribution in [0.2, 0.25) is 0 Å². The fraction of sp³-hybridized carbons (Fsp3) is 0.550. The van der Waals surface area contributed by atoms with Crippen LogP contribution >= 0.6 is 0 Å². The average molecular weight is 392 g/mol. The number of hydrogen-bond donors (Lipinski definition) is 2. The number of rotatable bonds is 7. The quantitative estimate of drug-likeness (QED) is 0.751. The van der Waals surface area contributed by atoms with E-state index in [4.69, 9.17) is 9.88 Å². The van der Waals surface area contributed by atoms with Crippen molar-refractivity contribution in [2.24, 2.45) is 11.1 Å². The van der Waals surface area contributed by atoms with Gasteiger partial charge in [-0.2, -0.15) is 0 Å². The van der Waals surface area contributed by atoms with Crippen LogP contribution in [0.4, 0.5) is 5.69 Å². The molecule has 3 N–H and O–H groups in total. The van der Waals surface area contributed by atoms with Crippen molar-refractivity contribution < 1.29 is 13.2 Å². The van der Waals surface area contributed by atoms with Gasteiger partial charge in [-0.15, -0.1) is 0 Å². The van der Waals surface area contributed by atoms with Crippen LogP contribution in [0.25, 0.3) is 10.9 Å². The number of ether oxygens (including phenoxy) is 1. The monoisotopic (exact) mass is 391 g/mol. The van der Waals surface area contributed by atoms with Gasteiger partial charge >= 0.3 is 0 Å². The number of pyridine rings is 1. The van der Waals surface area contributed by atoms with Crippen molar-refractivity contribution in [1.29, 1.82) is 0 Å². The SMILES string of the molecule is CC(C)CCO[C@H]1CCCC[C@H]1Nc1ccc(S(N)(=O)=O)c2cccnc12. The fourth-order valence-electron chi connectivity index (χ4n) is 3.63. The van der Waals surface area contributed by atoms with Crippen LogP contribution in [0, 0.1) is 5.92 Å². The molecular formula is C20H29N3O3S. The Kier molecular flexibility index (Phi) is 6.34. The highest BCUT2D eigenvalue weighted by molar-refractivity contribution is 7.89. The van der Waals surface area contributed by atoms with Crippen molar-refractivity contribution in [3.05, 3.63) is 30.5 Å². The number of hydrogen-bond acceptors (Lipinski definition) is 5. The van der Waals surface area contributed by atoms with Crippen LogP contribution in [-0.2, 0) is 14.8 Å². The van der Waals surface area contributed by atoms with Crippen LogP contribution in [0.1, 0.15) is 46.0 Å². The highest BCUT2D eigenvalue weighted by Crippen LogP contribution is 2.31. The lowest BCUT2D eigenvalue weighted by molar-refractivity contribution is 0.0150. The molecule has 148 valence electrons. The summed E-state index contributed by atoms with van der Waals surface area (Å²) in [4.78, 5) is 4.51. The van der Waals surface area contributed by atoms with Gasteiger partial charge in [0.25, 0.3) is 0 Å². The minimum atomic E-state index is -3.80. The molecule has 1 aliphatic carbocycles. The van der Waals surface area contributed by atoms with Crippen molar-refractivity contribution in [3.63, 3.8) is 0 Å². The molecule has 0 aliphatic heterocycles. The third-order valence-corrected chi connectivity index (χ3v) is 6.08. The number of primary sulfonamides is 1. The lowest BCUT2D eigenvalue weighted by Crippen LogP contribution is -2.38. The third-order valence-electron chi connectivity index (χ3n) is 5.11. The Bertz CT molecular complexity index is 883. The van der Waals surface area contributed by atoms with Crippen molar-refractivity contribution in [2.75, 3.05) is 11.9 Å². The van der Waals surface area contributed by atoms with E-state index >= 15 is 0 Å². The summed E-state index contributed by atoms with van der Waals surface area (Å²) in [6.07, 6.45) is 7.27. The fourth-order valence-corrected chi connectivity index (χ4v) is 4.36. The highest BCUT2D eigenvalue weighted by Gasteiger charge is 2.27. The van der Waals surface area contributed by atoms with E-state index in [2.05, 4.69) is 24.1 Å². The molecule has 0 radical (unpaired) electrons. The summed E-state index contributed by atoms with van der Waals surface area (Å²) >= 11 is 0. The summed E-state index contributed by atoms with van der Waals surface area (Å²) < 4.78 is 29.9. The van der Waals surface area contributed by atoms with Crippen LogP contribution in [0.3, 0.4) is 0 Å². The standard InChI is InChI=1S/C20H29N3O3S/c1-14(2)11-13-26-18-8-4-3-7-16(18)23-17-9-10-19(27(21,24)25)15-6-5-12-22-20(15)17/h5-6,9-10,12,14,16,18,23H,3-4,7-8,11,13H2,1-2H3,(H2,21,24,25)/t16-,18+/m1/s1. The number of nitrogens with one attached hydrogen (secondary N) is 1. The first-order chi connectivity index (χ1) is 12.9. The number of aromatic nitrogens is 1. The number of sulfonamides is 1. The maximum absolute atomic E-state index is 11.9. The molecule has 1 saturated carbocycles. The second-order valence-electron chi connectivity index (χ2n) is 7.68. The number of fused-ring (bicyclic) bond motifs is 1. The van der Waals surface area contributed by atoms with Crippen LogP contribution in [0.15, 0.2) is 35.4 Å². The van der Waals surface area contributed by atoms with E-state index in [-0.39, 0.29) is 17.0 Å².